The number of aliphatic imine (C=N–C) groups is 1. The largest absolute Gasteiger partial charge is 0.506 e. The molecule has 2 aliphatic heterocycles. The molecule has 0 spiro atoms. The zero-order valence-corrected chi connectivity index (χ0v) is 26.4. The van der Waals surface area contributed by atoms with E-state index in [2.05, 4.69) is 25.5 Å². The molecule has 3 aromatic carbocycles. The van der Waals surface area contributed by atoms with E-state index in [1.807, 2.05) is 67.7 Å². The summed E-state index contributed by atoms with van der Waals surface area (Å²) in [5.41, 5.74) is 2.52. The molecule has 0 saturated heterocycles. The van der Waals surface area contributed by atoms with Crippen LogP contribution >= 0.6 is 27.7 Å². The van der Waals surface area contributed by atoms with Crippen molar-refractivity contribution in [1.29, 1.82) is 0 Å². The van der Waals surface area contributed by atoms with Gasteiger partial charge in [0.15, 0.2) is 11.5 Å². The molecule has 2 aliphatic rings. The maximum absolute atomic E-state index is 12.9. The van der Waals surface area contributed by atoms with Crippen molar-refractivity contribution in [3.63, 3.8) is 0 Å². The fraction of sp³-hybridized carbons (Fsp3) is 0.212. The standard InChI is InChI=1S/C33H29BrN2O7S/c1-3-39-23-8-6-22(7-9-23)35-32-30(33(38)40-4-2)31(37)29(44-32)15-20-18-36(26-11-5-21(34)16-25(20)26)13-14-41-24-10-12-27-28(17-24)43-19-42-27/h5-12,15-18,37H,3-4,13-14,19H2,1-2H3/b29-15-,35-32?. The average molecular weight is 678 g/mol. The topological polar surface area (TPSA) is 101 Å². The number of thioether (sulfide) groups is 1. The Hall–Kier alpha value is -4.35. The highest BCUT2D eigenvalue weighted by Crippen LogP contribution is 2.41. The van der Waals surface area contributed by atoms with Crippen LogP contribution in [0.2, 0.25) is 0 Å². The molecule has 44 heavy (non-hydrogen) atoms. The van der Waals surface area contributed by atoms with Crippen LogP contribution in [0.4, 0.5) is 5.69 Å². The van der Waals surface area contributed by atoms with Crippen LogP contribution in [0.3, 0.4) is 0 Å². The van der Waals surface area contributed by atoms with E-state index in [4.69, 9.17) is 23.7 Å². The summed E-state index contributed by atoms with van der Waals surface area (Å²) in [6.45, 7) is 5.57. The number of aliphatic hydroxyl groups excluding tert-OH is 1. The van der Waals surface area contributed by atoms with Gasteiger partial charge in [0.1, 0.15) is 34.5 Å². The van der Waals surface area contributed by atoms with Crippen LogP contribution in [-0.2, 0) is 16.1 Å². The van der Waals surface area contributed by atoms with Gasteiger partial charge in [-0.25, -0.2) is 9.79 Å². The molecule has 0 unspecified atom stereocenters. The number of carbonyl (C=O) groups excluding carboxylic acids is 1. The van der Waals surface area contributed by atoms with Crippen LogP contribution in [0.25, 0.3) is 17.0 Å². The minimum atomic E-state index is -0.628. The predicted octanol–water partition coefficient (Wildman–Crippen LogP) is 7.80. The summed E-state index contributed by atoms with van der Waals surface area (Å²) in [5.74, 6) is 2.00. The third-order valence-corrected chi connectivity index (χ3v) is 8.37. The van der Waals surface area contributed by atoms with Crippen molar-refractivity contribution in [1.82, 2.24) is 4.57 Å². The van der Waals surface area contributed by atoms with Crippen LogP contribution in [0, 0.1) is 0 Å². The van der Waals surface area contributed by atoms with Gasteiger partial charge in [-0.3, -0.25) is 0 Å². The first-order chi connectivity index (χ1) is 21.4. The minimum Gasteiger partial charge on any atom is -0.506 e. The summed E-state index contributed by atoms with van der Waals surface area (Å²) in [6, 6.07) is 18.8. The number of hydrogen-bond donors (Lipinski definition) is 1. The van der Waals surface area contributed by atoms with E-state index >= 15 is 0 Å². The number of ether oxygens (including phenoxy) is 5. The molecular formula is C33H29BrN2O7S. The summed E-state index contributed by atoms with van der Waals surface area (Å²) in [6.07, 6.45) is 3.87. The predicted molar refractivity (Wildman–Crippen MR) is 174 cm³/mol. The number of hydrogen-bond acceptors (Lipinski definition) is 9. The third-order valence-electron chi connectivity index (χ3n) is 6.85. The normalized spacial score (nSPS) is 15.9. The number of carbonyl (C=O) groups is 1. The van der Waals surface area contributed by atoms with Gasteiger partial charge in [0.05, 0.1) is 30.4 Å². The Bertz CT molecular complexity index is 1810. The quantitative estimate of drug-likeness (QED) is 0.170. The van der Waals surface area contributed by atoms with Crippen LogP contribution < -0.4 is 18.9 Å². The molecule has 0 amide bonds. The van der Waals surface area contributed by atoms with E-state index in [9.17, 15) is 9.90 Å². The third kappa shape index (κ3) is 6.29. The van der Waals surface area contributed by atoms with Crippen molar-refractivity contribution in [2.45, 2.75) is 20.4 Å². The lowest BCUT2D eigenvalue weighted by Crippen LogP contribution is -2.12. The lowest BCUT2D eigenvalue weighted by Gasteiger charge is -2.09. The molecule has 0 radical (unpaired) electrons. The zero-order chi connectivity index (χ0) is 30.6. The highest BCUT2D eigenvalue weighted by atomic mass is 79.9. The highest BCUT2D eigenvalue weighted by Gasteiger charge is 2.33. The lowest BCUT2D eigenvalue weighted by atomic mass is 10.1. The maximum Gasteiger partial charge on any atom is 0.344 e. The van der Waals surface area contributed by atoms with Crippen molar-refractivity contribution >= 4 is 61.4 Å². The molecule has 0 fully saturated rings. The fourth-order valence-corrected chi connectivity index (χ4v) is 6.25. The Labute approximate surface area is 266 Å². The molecule has 1 aromatic heterocycles. The maximum atomic E-state index is 12.9. The molecule has 0 aliphatic carbocycles. The van der Waals surface area contributed by atoms with Crippen LogP contribution in [0.1, 0.15) is 19.4 Å². The molecule has 3 heterocycles. The number of aromatic nitrogens is 1. The second kappa shape index (κ2) is 13.1. The van der Waals surface area contributed by atoms with E-state index < -0.39 is 5.97 Å². The smallest absolute Gasteiger partial charge is 0.344 e. The van der Waals surface area contributed by atoms with Gasteiger partial charge in [0, 0.05) is 33.2 Å². The second-order valence-corrected chi connectivity index (χ2v) is 11.6. The van der Waals surface area contributed by atoms with Gasteiger partial charge in [-0.05, 0) is 74.5 Å². The summed E-state index contributed by atoms with van der Waals surface area (Å²) < 4.78 is 30.7. The van der Waals surface area contributed by atoms with Crippen molar-refractivity contribution < 1.29 is 33.6 Å². The van der Waals surface area contributed by atoms with Crippen molar-refractivity contribution in [2.75, 3.05) is 26.6 Å². The number of rotatable bonds is 10. The molecule has 0 saturated carbocycles. The molecular weight excluding hydrogens is 648 g/mol. The Morgan fingerprint density at radius 2 is 1.82 bits per heavy atom. The molecule has 11 heteroatoms. The summed E-state index contributed by atoms with van der Waals surface area (Å²) in [4.78, 5) is 18.1. The van der Waals surface area contributed by atoms with Crippen molar-refractivity contribution in [3.8, 4) is 23.0 Å². The lowest BCUT2D eigenvalue weighted by molar-refractivity contribution is -0.138. The van der Waals surface area contributed by atoms with Crippen LogP contribution in [0.5, 0.6) is 23.0 Å². The number of halogens is 1. The molecule has 1 N–H and O–H groups in total. The van der Waals surface area contributed by atoms with Gasteiger partial charge in [-0.1, -0.05) is 27.7 Å². The Morgan fingerprint density at radius 1 is 1.02 bits per heavy atom. The first kappa shape index (κ1) is 29.7. The number of aliphatic hydroxyl groups is 1. The van der Waals surface area contributed by atoms with Gasteiger partial charge in [0.2, 0.25) is 6.79 Å². The summed E-state index contributed by atoms with van der Waals surface area (Å²) in [5, 5.41) is 12.6. The van der Waals surface area contributed by atoms with E-state index in [1.54, 1.807) is 19.1 Å². The van der Waals surface area contributed by atoms with Gasteiger partial charge in [0.25, 0.3) is 0 Å². The van der Waals surface area contributed by atoms with Gasteiger partial charge in [-0.2, -0.15) is 0 Å². The SMILES string of the molecule is CCOC(=O)C1=C(O)/C(=C/c2cn(CCOc3ccc4c(c3)OCO4)c3ccc(Br)cc23)SC1=Nc1ccc(OCC)cc1. The van der Waals surface area contributed by atoms with Crippen LogP contribution in [0.15, 0.2) is 92.6 Å². The van der Waals surface area contributed by atoms with Crippen molar-refractivity contribution in [3.05, 3.63) is 93.1 Å². The summed E-state index contributed by atoms with van der Waals surface area (Å²) in [7, 11) is 0. The van der Waals surface area contributed by atoms with E-state index in [0.29, 0.717) is 52.6 Å². The molecule has 0 bridgehead atoms. The first-order valence-corrected chi connectivity index (χ1v) is 15.7. The molecule has 226 valence electrons. The zero-order valence-electron chi connectivity index (χ0n) is 24.0. The molecule has 4 aromatic rings. The van der Waals surface area contributed by atoms with E-state index in [-0.39, 0.29) is 24.7 Å². The number of esters is 1. The Balaban J connectivity index is 1.29. The number of nitrogens with zero attached hydrogens (tertiary/aromatic N) is 2. The van der Waals surface area contributed by atoms with Crippen molar-refractivity contribution in [2.24, 2.45) is 4.99 Å². The summed E-state index contributed by atoms with van der Waals surface area (Å²) >= 11 is 4.80. The molecule has 9 nitrogen and oxygen atoms in total. The van der Waals surface area contributed by atoms with Crippen LogP contribution in [-0.4, -0.2) is 47.3 Å². The Morgan fingerprint density at radius 3 is 2.61 bits per heavy atom. The highest BCUT2D eigenvalue weighted by molar-refractivity contribution is 9.10. The van der Waals surface area contributed by atoms with Gasteiger partial charge < -0.3 is 33.4 Å². The molecule has 6 rings (SSSR count). The second-order valence-electron chi connectivity index (χ2n) is 9.70. The molecule has 0 atom stereocenters. The number of fused-ring (bicyclic) bond motifs is 2. The monoisotopic (exact) mass is 676 g/mol. The minimum absolute atomic E-state index is 0.0408. The number of benzene rings is 3. The van der Waals surface area contributed by atoms with Gasteiger partial charge in [-0.15, -0.1) is 0 Å². The first-order valence-electron chi connectivity index (χ1n) is 14.1. The Kier molecular flexibility index (Phi) is 8.85. The fourth-order valence-electron chi connectivity index (χ4n) is 4.86. The van der Waals surface area contributed by atoms with Gasteiger partial charge >= 0.3 is 5.97 Å². The average Bonchev–Trinajstić information content (AvgIpc) is 3.70. The van der Waals surface area contributed by atoms with E-state index in [1.165, 1.54) is 11.8 Å². The van der Waals surface area contributed by atoms with E-state index in [0.717, 1.165) is 26.7 Å².